The van der Waals surface area contributed by atoms with Gasteiger partial charge in [0.15, 0.2) is 16.3 Å². The number of nitrogens with zero attached hydrogens (tertiary/aromatic N) is 3. The van der Waals surface area contributed by atoms with Gasteiger partial charge in [-0.3, -0.25) is 10.1 Å². The van der Waals surface area contributed by atoms with Gasteiger partial charge >= 0.3 is 0 Å². The summed E-state index contributed by atoms with van der Waals surface area (Å²) in [5.41, 5.74) is 6.20. The molecule has 5 nitrogen and oxygen atoms in total. The fourth-order valence-corrected chi connectivity index (χ4v) is 1.05. The molecule has 2 heterocycles. The molecule has 0 radical (unpaired) electrons. The van der Waals surface area contributed by atoms with Gasteiger partial charge in [0.05, 0.1) is 0 Å². The number of aromatic amines is 1. The van der Waals surface area contributed by atoms with Crippen molar-refractivity contribution in [1.29, 1.82) is 0 Å². The summed E-state index contributed by atoms with van der Waals surface area (Å²) in [6, 6.07) is 5.47. The fraction of sp³-hybridized carbons (Fsp3) is 0. The Kier molecular flexibility index (Phi) is 2.19. The van der Waals surface area contributed by atoms with Crippen molar-refractivity contribution in [1.82, 2.24) is 20.2 Å². The molecule has 14 heavy (non-hydrogen) atoms. The van der Waals surface area contributed by atoms with Gasteiger partial charge in [-0.1, -0.05) is 18.3 Å². The molecular weight excluding hydrogens is 198 g/mol. The van der Waals surface area contributed by atoms with Gasteiger partial charge in [0.25, 0.3) is 0 Å². The Bertz CT molecular complexity index is 493. The normalized spacial score (nSPS) is 10.0. The Hall–Kier alpha value is -1.82. The molecule has 0 bridgehead atoms. The van der Waals surface area contributed by atoms with E-state index in [0.717, 1.165) is 0 Å². The zero-order valence-electron chi connectivity index (χ0n) is 7.14. The van der Waals surface area contributed by atoms with Crippen LogP contribution in [0.2, 0.25) is 0 Å². The van der Waals surface area contributed by atoms with Crippen LogP contribution in [0, 0.1) is 4.64 Å². The standard InChI is InChI=1S/C8H7N5S/c9-6-8(14)13-12-7(11-6)5-3-1-2-4-10-5/h1-4H,(H,13,14)(H2,9,11,12). The van der Waals surface area contributed by atoms with E-state index in [0.29, 0.717) is 16.2 Å². The topological polar surface area (TPSA) is 80.5 Å². The van der Waals surface area contributed by atoms with E-state index in [1.54, 1.807) is 12.3 Å². The Labute approximate surface area is 85.0 Å². The highest BCUT2D eigenvalue weighted by molar-refractivity contribution is 7.71. The first-order valence-corrected chi connectivity index (χ1v) is 4.32. The Morgan fingerprint density at radius 3 is 2.86 bits per heavy atom. The summed E-state index contributed by atoms with van der Waals surface area (Å²) in [5, 5.41) is 6.53. The van der Waals surface area contributed by atoms with Crippen LogP contribution >= 0.6 is 12.2 Å². The zero-order chi connectivity index (χ0) is 9.97. The second kappa shape index (κ2) is 3.51. The van der Waals surface area contributed by atoms with Crippen molar-refractivity contribution in [2.75, 3.05) is 5.73 Å². The molecule has 3 N–H and O–H groups in total. The van der Waals surface area contributed by atoms with E-state index in [9.17, 15) is 0 Å². The Morgan fingerprint density at radius 1 is 1.36 bits per heavy atom. The van der Waals surface area contributed by atoms with Crippen LogP contribution in [0.5, 0.6) is 0 Å². The van der Waals surface area contributed by atoms with Gasteiger partial charge in [0.2, 0.25) is 0 Å². The molecule has 0 fully saturated rings. The van der Waals surface area contributed by atoms with E-state index in [2.05, 4.69) is 20.2 Å². The number of nitrogens with two attached hydrogens (primary N) is 1. The largest absolute Gasteiger partial charge is 0.381 e. The molecule has 6 heteroatoms. The summed E-state index contributed by atoms with van der Waals surface area (Å²) < 4.78 is 0.338. The van der Waals surface area contributed by atoms with Gasteiger partial charge in [-0.25, -0.2) is 4.98 Å². The number of aromatic nitrogens is 4. The minimum Gasteiger partial charge on any atom is -0.381 e. The molecule has 0 saturated carbocycles. The molecule has 0 aliphatic heterocycles. The number of hydrogen-bond donors (Lipinski definition) is 2. The second-order valence-corrected chi connectivity index (χ2v) is 3.00. The molecule has 0 atom stereocenters. The molecule has 2 aromatic heterocycles. The summed E-state index contributed by atoms with van der Waals surface area (Å²) in [7, 11) is 0. The van der Waals surface area contributed by atoms with Crippen LogP contribution < -0.4 is 5.73 Å². The van der Waals surface area contributed by atoms with Crippen LogP contribution in [0.4, 0.5) is 5.82 Å². The Morgan fingerprint density at radius 2 is 2.21 bits per heavy atom. The van der Waals surface area contributed by atoms with Gasteiger partial charge in [-0.05, 0) is 12.1 Å². The third kappa shape index (κ3) is 1.60. The van der Waals surface area contributed by atoms with E-state index in [1.165, 1.54) is 0 Å². The first kappa shape index (κ1) is 8.76. The molecule has 2 rings (SSSR count). The highest BCUT2D eigenvalue weighted by Crippen LogP contribution is 2.10. The van der Waals surface area contributed by atoms with E-state index in [1.807, 2.05) is 12.1 Å². The second-order valence-electron chi connectivity index (χ2n) is 2.59. The number of anilines is 1. The van der Waals surface area contributed by atoms with Crippen molar-refractivity contribution < 1.29 is 0 Å². The average molecular weight is 205 g/mol. The van der Waals surface area contributed by atoms with Crippen molar-refractivity contribution in [2.24, 2.45) is 0 Å². The summed E-state index contributed by atoms with van der Waals surface area (Å²) in [4.78, 5) is 8.10. The first-order valence-electron chi connectivity index (χ1n) is 3.91. The van der Waals surface area contributed by atoms with Crippen molar-refractivity contribution in [3.8, 4) is 11.5 Å². The lowest BCUT2D eigenvalue weighted by molar-refractivity contribution is 0.964. The molecule has 0 amide bonds. The first-order chi connectivity index (χ1) is 6.77. The Balaban J connectivity index is 2.54. The SMILES string of the molecule is Nc1nc(-c2ccccn2)n[nH]c1=S. The zero-order valence-corrected chi connectivity index (χ0v) is 7.95. The smallest absolute Gasteiger partial charge is 0.200 e. The lowest BCUT2D eigenvalue weighted by Gasteiger charge is -1.98. The van der Waals surface area contributed by atoms with Crippen molar-refractivity contribution in [3.63, 3.8) is 0 Å². The average Bonchev–Trinajstić information content (AvgIpc) is 2.23. The van der Waals surface area contributed by atoms with Crippen LogP contribution in [0.3, 0.4) is 0 Å². The molecule has 0 aliphatic rings. The fourth-order valence-electron chi connectivity index (χ4n) is 0.960. The van der Waals surface area contributed by atoms with Gasteiger partial charge in [-0.2, -0.15) is 5.10 Å². The van der Waals surface area contributed by atoms with Crippen LogP contribution in [-0.4, -0.2) is 20.2 Å². The molecule has 0 unspecified atom stereocenters. The summed E-state index contributed by atoms with van der Waals surface area (Å²) >= 11 is 4.84. The predicted octanol–water partition coefficient (Wildman–Crippen LogP) is 1.18. The number of H-pyrrole nitrogens is 1. The number of hydrogen-bond acceptors (Lipinski definition) is 5. The minimum absolute atomic E-state index is 0.260. The lowest BCUT2D eigenvalue weighted by atomic mass is 10.3. The maximum absolute atomic E-state index is 5.54. The van der Waals surface area contributed by atoms with Crippen molar-refractivity contribution in [2.45, 2.75) is 0 Å². The predicted molar refractivity (Wildman–Crippen MR) is 54.9 cm³/mol. The molecule has 0 aromatic carbocycles. The number of pyridine rings is 1. The lowest BCUT2D eigenvalue weighted by Crippen LogP contribution is -2.00. The molecule has 0 saturated heterocycles. The molecule has 0 spiro atoms. The maximum atomic E-state index is 5.54. The van der Waals surface area contributed by atoms with Crippen molar-refractivity contribution >= 4 is 18.0 Å². The summed E-state index contributed by atoms with van der Waals surface area (Å²) in [5.74, 6) is 0.701. The van der Waals surface area contributed by atoms with Gasteiger partial charge < -0.3 is 5.73 Å². The number of nitrogens with one attached hydrogen (secondary N) is 1. The third-order valence-electron chi connectivity index (χ3n) is 1.62. The van der Waals surface area contributed by atoms with Gasteiger partial charge in [-0.15, -0.1) is 0 Å². The van der Waals surface area contributed by atoms with E-state index in [-0.39, 0.29) is 5.82 Å². The van der Waals surface area contributed by atoms with Gasteiger partial charge in [0.1, 0.15) is 5.69 Å². The monoisotopic (exact) mass is 205 g/mol. The summed E-state index contributed by atoms with van der Waals surface area (Å²) in [6.45, 7) is 0. The van der Waals surface area contributed by atoms with Gasteiger partial charge in [0, 0.05) is 6.20 Å². The number of rotatable bonds is 1. The number of nitrogen functional groups attached to an aromatic ring is 1. The summed E-state index contributed by atoms with van der Waals surface area (Å²) in [6.07, 6.45) is 1.66. The molecule has 2 aromatic rings. The van der Waals surface area contributed by atoms with Crippen molar-refractivity contribution in [3.05, 3.63) is 29.0 Å². The van der Waals surface area contributed by atoms with E-state index >= 15 is 0 Å². The highest BCUT2D eigenvalue weighted by atomic mass is 32.1. The third-order valence-corrected chi connectivity index (χ3v) is 1.92. The van der Waals surface area contributed by atoms with Crippen LogP contribution in [-0.2, 0) is 0 Å². The molecule has 0 aliphatic carbocycles. The van der Waals surface area contributed by atoms with Crippen LogP contribution in [0.25, 0.3) is 11.5 Å². The molecule has 70 valence electrons. The van der Waals surface area contributed by atoms with E-state index < -0.39 is 0 Å². The van der Waals surface area contributed by atoms with E-state index in [4.69, 9.17) is 18.0 Å². The highest BCUT2D eigenvalue weighted by Gasteiger charge is 2.02. The quantitative estimate of drug-likeness (QED) is 0.683. The maximum Gasteiger partial charge on any atom is 0.200 e. The van der Waals surface area contributed by atoms with Crippen LogP contribution in [0.15, 0.2) is 24.4 Å². The molecular formula is C8H7N5S. The van der Waals surface area contributed by atoms with Crippen LogP contribution in [0.1, 0.15) is 0 Å². The minimum atomic E-state index is 0.260.